The maximum absolute atomic E-state index is 6.13. The second-order valence-corrected chi connectivity index (χ2v) is 4.52. The summed E-state index contributed by atoms with van der Waals surface area (Å²) in [5.74, 6) is 1.47. The van der Waals surface area contributed by atoms with Gasteiger partial charge in [0.05, 0.1) is 12.1 Å². The zero-order valence-electron chi connectivity index (χ0n) is 10.7. The predicted molar refractivity (Wildman–Crippen MR) is 76.7 cm³/mol. The molecule has 2 aromatic rings. The summed E-state index contributed by atoms with van der Waals surface area (Å²) in [5, 5.41) is 0.575. The van der Waals surface area contributed by atoms with Crippen molar-refractivity contribution in [2.75, 3.05) is 7.11 Å². The maximum atomic E-state index is 6.13. The number of hydrogen-bond acceptors (Lipinski definition) is 3. The molecule has 0 saturated heterocycles. The van der Waals surface area contributed by atoms with Crippen LogP contribution in [0.2, 0.25) is 5.02 Å². The Bertz CT molecular complexity index is 558. The second-order valence-electron chi connectivity index (χ2n) is 4.11. The van der Waals surface area contributed by atoms with Gasteiger partial charge >= 0.3 is 0 Å². The minimum atomic E-state index is 0.443. The van der Waals surface area contributed by atoms with Crippen LogP contribution in [0.25, 0.3) is 0 Å². The average molecular weight is 278 g/mol. The van der Waals surface area contributed by atoms with Crippen molar-refractivity contribution in [3.63, 3.8) is 0 Å². The quantitative estimate of drug-likeness (QED) is 0.911. The summed E-state index contributed by atoms with van der Waals surface area (Å²) in [7, 11) is 1.64. The molecular weight excluding hydrogens is 262 g/mol. The highest BCUT2D eigenvalue weighted by Gasteiger charge is 2.03. The number of nitrogens with two attached hydrogens (primary N) is 1. The van der Waals surface area contributed by atoms with Crippen LogP contribution < -0.4 is 15.2 Å². The van der Waals surface area contributed by atoms with E-state index in [4.69, 9.17) is 26.8 Å². The van der Waals surface area contributed by atoms with Crippen molar-refractivity contribution in [2.45, 2.75) is 13.2 Å². The van der Waals surface area contributed by atoms with Crippen molar-refractivity contribution in [3.8, 4) is 11.5 Å². The molecule has 0 aromatic heterocycles. The Kier molecular flexibility index (Phi) is 4.66. The minimum absolute atomic E-state index is 0.443. The molecular formula is C15H16ClNO2. The monoisotopic (exact) mass is 277 g/mol. The Balaban J connectivity index is 2.05. The zero-order valence-corrected chi connectivity index (χ0v) is 11.5. The van der Waals surface area contributed by atoms with E-state index >= 15 is 0 Å². The summed E-state index contributed by atoms with van der Waals surface area (Å²) in [4.78, 5) is 0. The molecule has 0 unspecified atom stereocenters. The number of methoxy groups -OCH3 is 1. The van der Waals surface area contributed by atoms with Crippen molar-refractivity contribution >= 4 is 11.6 Å². The summed E-state index contributed by atoms with van der Waals surface area (Å²) in [6, 6.07) is 13.3. The first-order valence-electron chi connectivity index (χ1n) is 5.97. The van der Waals surface area contributed by atoms with Crippen LogP contribution in [-0.4, -0.2) is 7.11 Å². The van der Waals surface area contributed by atoms with Crippen molar-refractivity contribution in [1.82, 2.24) is 0 Å². The molecule has 0 radical (unpaired) electrons. The lowest BCUT2D eigenvalue weighted by Crippen LogP contribution is -1.99. The third kappa shape index (κ3) is 3.63. The van der Waals surface area contributed by atoms with Crippen molar-refractivity contribution in [1.29, 1.82) is 0 Å². The van der Waals surface area contributed by atoms with E-state index in [2.05, 4.69) is 0 Å². The predicted octanol–water partition coefficient (Wildman–Crippen LogP) is 3.39. The summed E-state index contributed by atoms with van der Waals surface area (Å²) < 4.78 is 10.9. The fourth-order valence-corrected chi connectivity index (χ4v) is 1.97. The molecule has 0 fully saturated rings. The summed E-state index contributed by atoms with van der Waals surface area (Å²) in [6.45, 7) is 0.911. The van der Waals surface area contributed by atoms with Crippen molar-refractivity contribution in [2.24, 2.45) is 5.73 Å². The van der Waals surface area contributed by atoms with Gasteiger partial charge in [-0.2, -0.15) is 0 Å². The van der Waals surface area contributed by atoms with E-state index in [-0.39, 0.29) is 0 Å². The Morgan fingerprint density at radius 3 is 2.63 bits per heavy atom. The summed E-state index contributed by atoms with van der Waals surface area (Å²) in [5.41, 5.74) is 7.56. The first-order chi connectivity index (χ1) is 9.22. The lowest BCUT2D eigenvalue weighted by molar-refractivity contribution is 0.305. The number of halogens is 1. The molecule has 2 aromatic carbocycles. The molecule has 0 atom stereocenters. The Morgan fingerprint density at radius 1 is 1.11 bits per heavy atom. The normalized spacial score (nSPS) is 10.3. The first kappa shape index (κ1) is 13.7. The number of rotatable bonds is 5. The topological polar surface area (TPSA) is 44.5 Å². The number of benzene rings is 2. The van der Waals surface area contributed by atoms with E-state index in [1.807, 2.05) is 42.5 Å². The molecule has 0 aliphatic rings. The van der Waals surface area contributed by atoms with Gasteiger partial charge < -0.3 is 15.2 Å². The van der Waals surface area contributed by atoms with Gasteiger partial charge in [-0.1, -0.05) is 29.8 Å². The molecule has 3 nitrogen and oxygen atoms in total. The lowest BCUT2D eigenvalue weighted by Gasteiger charge is -2.10. The number of ether oxygens (including phenoxy) is 2. The third-order valence-electron chi connectivity index (χ3n) is 2.76. The maximum Gasteiger partial charge on any atom is 0.138 e. The van der Waals surface area contributed by atoms with Gasteiger partial charge in [-0.15, -0.1) is 0 Å². The molecule has 0 spiro atoms. The number of hydrogen-bond donors (Lipinski definition) is 1. The van der Waals surface area contributed by atoms with Crippen molar-refractivity contribution in [3.05, 3.63) is 58.6 Å². The molecule has 0 aliphatic heterocycles. The van der Waals surface area contributed by atoms with Crippen LogP contribution in [-0.2, 0) is 13.2 Å². The first-order valence-corrected chi connectivity index (χ1v) is 6.35. The van der Waals surface area contributed by atoms with Gasteiger partial charge in [0.2, 0.25) is 0 Å². The SMILES string of the molecule is COc1cccc(COc2ccc(CN)cc2Cl)c1. The van der Waals surface area contributed by atoms with Crippen LogP contribution >= 0.6 is 11.6 Å². The molecule has 100 valence electrons. The Hall–Kier alpha value is -1.71. The fraction of sp³-hybridized carbons (Fsp3) is 0.200. The Labute approximate surface area is 117 Å². The highest BCUT2D eigenvalue weighted by Crippen LogP contribution is 2.26. The largest absolute Gasteiger partial charge is 0.497 e. The van der Waals surface area contributed by atoms with Gasteiger partial charge in [0, 0.05) is 6.54 Å². The molecule has 2 rings (SSSR count). The van der Waals surface area contributed by atoms with Gasteiger partial charge in [-0.25, -0.2) is 0 Å². The highest BCUT2D eigenvalue weighted by molar-refractivity contribution is 6.32. The van der Waals surface area contributed by atoms with Gasteiger partial charge in [0.15, 0.2) is 0 Å². The fourth-order valence-electron chi connectivity index (χ4n) is 1.71. The third-order valence-corrected chi connectivity index (χ3v) is 3.06. The standard InChI is InChI=1S/C15H16ClNO2/c1-18-13-4-2-3-12(7-13)10-19-15-6-5-11(9-17)8-14(15)16/h2-8H,9-10,17H2,1H3. The van der Waals surface area contributed by atoms with Gasteiger partial charge in [0.1, 0.15) is 18.1 Å². The van der Waals surface area contributed by atoms with E-state index < -0.39 is 0 Å². The average Bonchev–Trinajstić information content (AvgIpc) is 2.46. The van der Waals surface area contributed by atoms with Crippen LogP contribution in [0.5, 0.6) is 11.5 Å². The van der Waals surface area contributed by atoms with Gasteiger partial charge in [0.25, 0.3) is 0 Å². The minimum Gasteiger partial charge on any atom is -0.497 e. The van der Waals surface area contributed by atoms with Crippen LogP contribution in [0.1, 0.15) is 11.1 Å². The molecule has 0 heterocycles. The van der Waals surface area contributed by atoms with Crippen LogP contribution in [0.4, 0.5) is 0 Å². The van der Waals surface area contributed by atoms with Gasteiger partial charge in [-0.05, 0) is 35.4 Å². The molecule has 0 bridgehead atoms. The molecule has 19 heavy (non-hydrogen) atoms. The molecule has 2 N–H and O–H groups in total. The molecule has 0 saturated carbocycles. The molecule has 0 amide bonds. The smallest absolute Gasteiger partial charge is 0.138 e. The molecule has 4 heteroatoms. The van der Waals surface area contributed by atoms with E-state index in [1.165, 1.54) is 0 Å². The lowest BCUT2D eigenvalue weighted by atomic mass is 10.2. The second kappa shape index (κ2) is 6.45. The van der Waals surface area contributed by atoms with Crippen LogP contribution in [0.15, 0.2) is 42.5 Å². The van der Waals surface area contributed by atoms with Crippen LogP contribution in [0, 0.1) is 0 Å². The molecule has 0 aliphatic carbocycles. The zero-order chi connectivity index (χ0) is 13.7. The van der Waals surface area contributed by atoms with Crippen LogP contribution in [0.3, 0.4) is 0 Å². The Morgan fingerprint density at radius 2 is 1.95 bits per heavy atom. The van der Waals surface area contributed by atoms with E-state index in [9.17, 15) is 0 Å². The van der Waals surface area contributed by atoms with Crippen molar-refractivity contribution < 1.29 is 9.47 Å². The van der Waals surface area contributed by atoms with E-state index in [0.717, 1.165) is 16.9 Å². The van der Waals surface area contributed by atoms with Gasteiger partial charge in [-0.3, -0.25) is 0 Å². The van der Waals surface area contributed by atoms with E-state index in [0.29, 0.717) is 23.9 Å². The summed E-state index contributed by atoms with van der Waals surface area (Å²) >= 11 is 6.13. The highest BCUT2D eigenvalue weighted by atomic mass is 35.5. The van der Waals surface area contributed by atoms with E-state index in [1.54, 1.807) is 7.11 Å². The summed E-state index contributed by atoms with van der Waals surface area (Å²) in [6.07, 6.45) is 0.